The number of carbonyl (C=O) groups excluding carboxylic acids is 1. The SMILES string of the molecule is CCOC(=O)C1C=[C]CC1. The standard InChI is InChI=1S/C8H11O2/c1-2-10-8(9)7-5-3-4-6-7/h6-7H,2-3,5H2,1H3. The molecule has 2 heteroatoms. The quantitative estimate of drug-likeness (QED) is 0.539. The van der Waals surface area contributed by atoms with Gasteiger partial charge in [-0.15, -0.1) is 0 Å². The van der Waals surface area contributed by atoms with Gasteiger partial charge in [-0.2, -0.15) is 0 Å². The van der Waals surface area contributed by atoms with Crippen molar-refractivity contribution in [3.8, 4) is 0 Å². The molecule has 2 nitrogen and oxygen atoms in total. The minimum atomic E-state index is -0.104. The van der Waals surface area contributed by atoms with E-state index < -0.39 is 0 Å². The molecular formula is C8H11O2. The van der Waals surface area contributed by atoms with Crippen molar-refractivity contribution in [1.29, 1.82) is 0 Å². The summed E-state index contributed by atoms with van der Waals surface area (Å²) in [4.78, 5) is 11.0. The Morgan fingerprint density at radius 2 is 2.70 bits per heavy atom. The number of hydrogen-bond acceptors (Lipinski definition) is 2. The van der Waals surface area contributed by atoms with Gasteiger partial charge in [0, 0.05) is 0 Å². The zero-order valence-corrected chi connectivity index (χ0v) is 6.09. The molecule has 0 aromatic carbocycles. The van der Waals surface area contributed by atoms with Gasteiger partial charge in [-0.3, -0.25) is 4.79 Å². The molecule has 10 heavy (non-hydrogen) atoms. The lowest BCUT2D eigenvalue weighted by Crippen LogP contribution is -2.13. The van der Waals surface area contributed by atoms with Crippen molar-refractivity contribution in [2.45, 2.75) is 19.8 Å². The van der Waals surface area contributed by atoms with Crippen LogP contribution in [0.3, 0.4) is 0 Å². The summed E-state index contributed by atoms with van der Waals surface area (Å²) in [6, 6.07) is 0. The van der Waals surface area contributed by atoms with Crippen LogP contribution in [-0.4, -0.2) is 12.6 Å². The Hall–Kier alpha value is -0.790. The molecular weight excluding hydrogens is 128 g/mol. The van der Waals surface area contributed by atoms with Gasteiger partial charge >= 0.3 is 5.97 Å². The van der Waals surface area contributed by atoms with Gasteiger partial charge in [0.2, 0.25) is 0 Å². The Morgan fingerprint density at radius 1 is 1.90 bits per heavy atom. The first-order valence-electron chi connectivity index (χ1n) is 3.58. The van der Waals surface area contributed by atoms with Gasteiger partial charge in [-0.1, -0.05) is 6.08 Å². The molecule has 1 atom stereocenters. The van der Waals surface area contributed by atoms with Crippen LogP contribution in [0.4, 0.5) is 0 Å². The smallest absolute Gasteiger partial charge is 0.312 e. The molecule has 0 saturated carbocycles. The molecule has 1 radical (unpaired) electrons. The largest absolute Gasteiger partial charge is 0.466 e. The van der Waals surface area contributed by atoms with Crippen LogP contribution < -0.4 is 0 Å². The van der Waals surface area contributed by atoms with Gasteiger partial charge in [-0.25, -0.2) is 0 Å². The van der Waals surface area contributed by atoms with Crippen molar-refractivity contribution in [3.05, 3.63) is 12.2 Å². The van der Waals surface area contributed by atoms with Gasteiger partial charge < -0.3 is 4.74 Å². The summed E-state index contributed by atoms with van der Waals surface area (Å²) >= 11 is 0. The van der Waals surface area contributed by atoms with Crippen molar-refractivity contribution in [2.24, 2.45) is 5.92 Å². The lowest BCUT2D eigenvalue weighted by Gasteiger charge is -2.04. The molecule has 0 aromatic rings. The third-order valence-electron chi connectivity index (χ3n) is 1.51. The Balaban J connectivity index is 2.33. The number of rotatable bonds is 2. The number of ether oxygens (including phenoxy) is 1. The fourth-order valence-electron chi connectivity index (χ4n) is 0.983. The number of carbonyl (C=O) groups is 1. The highest BCUT2D eigenvalue weighted by atomic mass is 16.5. The highest BCUT2D eigenvalue weighted by Gasteiger charge is 2.18. The first-order chi connectivity index (χ1) is 4.84. The third-order valence-corrected chi connectivity index (χ3v) is 1.51. The highest BCUT2D eigenvalue weighted by molar-refractivity contribution is 5.74. The monoisotopic (exact) mass is 139 g/mol. The summed E-state index contributed by atoms with van der Waals surface area (Å²) < 4.78 is 4.82. The van der Waals surface area contributed by atoms with Gasteiger partial charge in [0.15, 0.2) is 0 Å². The van der Waals surface area contributed by atoms with Gasteiger partial charge in [0.1, 0.15) is 0 Å². The maximum absolute atomic E-state index is 11.0. The summed E-state index contributed by atoms with van der Waals surface area (Å²) in [5.41, 5.74) is 0. The lowest BCUT2D eigenvalue weighted by atomic mass is 10.1. The molecule has 1 aliphatic rings. The Labute approximate surface area is 60.9 Å². The van der Waals surface area contributed by atoms with E-state index in [-0.39, 0.29) is 11.9 Å². The molecule has 0 bridgehead atoms. The van der Waals surface area contributed by atoms with Gasteiger partial charge in [-0.05, 0) is 25.8 Å². The normalized spacial score (nSPS) is 23.1. The molecule has 0 spiro atoms. The molecule has 0 saturated heterocycles. The van der Waals surface area contributed by atoms with Crippen molar-refractivity contribution in [2.75, 3.05) is 6.61 Å². The highest BCUT2D eigenvalue weighted by Crippen LogP contribution is 2.17. The Bertz CT molecular complexity index is 149. The van der Waals surface area contributed by atoms with E-state index in [1.807, 2.05) is 6.92 Å². The van der Waals surface area contributed by atoms with Crippen LogP contribution in [0, 0.1) is 12.0 Å². The number of hydrogen-bond donors (Lipinski definition) is 0. The van der Waals surface area contributed by atoms with E-state index in [2.05, 4.69) is 6.08 Å². The first kappa shape index (κ1) is 7.32. The summed E-state index contributed by atoms with van der Waals surface area (Å²) in [6.07, 6.45) is 6.56. The van der Waals surface area contributed by atoms with E-state index in [0.29, 0.717) is 6.61 Å². The topological polar surface area (TPSA) is 26.3 Å². The first-order valence-corrected chi connectivity index (χ1v) is 3.58. The fraction of sp³-hybridized carbons (Fsp3) is 0.625. The summed E-state index contributed by atoms with van der Waals surface area (Å²) in [7, 11) is 0. The van der Waals surface area contributed by atoms with E-state index in [9.17, 15) is 4.79 Å². The molecule has 0 aromatic heterocycles. The summed E-state index contributed by atoms with van der Waals surface area (Å²) in [5.74, 6) is -0.118. The van der Waals surface area contributed by atoms with E-state index in [1.54, 1.807) is 6.08 Å². The van der Waals surface area contributed by atoms with E-state index in [4.69, 9.17) is 4.74 Å². The van der Waals surface area contributed by atoms with Crippen molar-refractivity contribution in [3.63, 3.8) is 0 Å². The second kappa shape index (κ2) is 3.40. The zero-order chi connectivity index (χ0) is 7.40. The molecule has 1 rings (SSSR count). The molecule has 0 N–H and O–H groups in total. The van der Waals surface area contributed by atoms with Crippen LogP contribution >= 0.6 is 0 Å². The minimum absolute atomic E-state index is 0.0139. The predicted octanol–water partition coefficient (Wildman–Crippen LogP) is 1.32. The van der Waals surface area contributed by atoms with E-state index >= 15 is 0 Å². The summed E-state index contributed by atoms with van der Waals surface area (Å²) in [5, 5.41) is 0. The van der Waals surface area contributed by atoms with E-state index in [1.165, 1.54) is 0 Å². The molecule has 1 aliphatic carbocycles. The van der Waals surface area contributed by atoms with Crippen LogP contribution in [0.25, 0.3) is 0 Å². The molecule has 1 unspecified atom stereocenters. The van der Waals surface area contributed by atoms with Crippen LogP contribution in [0.1, 0.15) is 19.8 Å². The van der Waals surface area contributed by atoms with Gasteiger partial charge in [0.25, 0.3) is 0 Å². The predicted molar refractivity (Wildman–Crippen MR) is 37.2 cm³/mol. The van der Waals surface area contributed by atoms with Crippen molar-refractivity contribution >= 4 is 5.97 Å². The number of esters is 1. The second-order valence-corrected chi connectivity index (χ2v) is 2.27. The zero-order valence-electron chi connectivity index (χ0n) is 6.09. The van der Waals surface area contributed by atoms with E-state index in [0.717, 1.165) is 12.8 Å². The second-order valence-electron chi connectivity index (χ2n) is 2.27. The summed E-state index contributed by atoms with van der Waals surface area (Å²) in [6.45, 7) is 2.30. The van der Waals surface area contributed by atoms with Crippen LogP contribution in [-0.2, 0) is 9.53 Å². The van der Waals surface area contributed by atoms with Crippen LogP contribution in [0.15, 0.2) is 6.08 Å². The molecule has 0 fully saturated rings. The lowest BCUT2D eigenvalue weighted by molar-refractivity contribution is -0.146. The maximum Gasteiger partial charge on any atom is 0.312 e. The maximum atomic E-state index is 11.0. The Kier molecular flexibility index (Phi) is 2.49. The number of allylic oxidation sites excluding steroid dienone is 1. The molecule has 55 valence electrons. The van der Waals surface area contributed by atoms with Gasteiger partial charge in [0.05, 0.1) is 12.5 Å². The van der Waals surface area contributed by atoms with Crippen LogP contribution in [0.5, 0.6) is 0 Å². The average molecular weight is 139 g/mol. The molecule has 0 aliphatic heterocycles. The Morgan fingerprint density at radius 3 is 3.20 bits per heavy atom. The van der Waals surface area contributed by atoms with Crippen molar-refractivity contribution < 1.29 is 9.53 Å². The third kappa shape index (κ3) is 1.59. The minimum Gasteiger partial charge on any atom is -0.466 e. The van der Waals surface area contributed by atoms with Crippen molar-refractivity contribution in [1.82, 2.24) is 0 Å². The van der Waals surface area contributed by atoms with Crippen LogP contribution in [0.2, 0.25) is 0 Å². The average Bonchev–Trinajstić information content (AvgIpc) is 2.38. The fourth-order valence-corrected chi connectivity index (χ4v) is 0.983. The molecule has 0 heterocycles. The molecule has 0 amide bonds.